The summed E-state index contributed by atoms with van der Waals surface area (Å²) in [7, 11) is 0. The van der Waals surface area contributed by atoms with Gasteiger partial charge in [-0.05, 0) is 12.1 Å². The van der Waals surface area contributed by atoms with Gasteiger partial charge in [-0.2, -0.15) is 0 Å². The van der Waals surface area contributed by atoms with Gasteiger partial charge in [0.2, 0.25) is 0 Å². The van der Waals surface area contributed by atoms with Gasteiger partial charge in [0, 0.05) is 12.1 Å². The van der Waals surface area contributed by atoms with E-state index < -0.39 is 16.7 Å². The third kappa shape index (κ3) is 2.58. The Kier molecular flexibility index (Phi) is 4.06. The Morgan fingerprint density at radius 1 is 1.14 bits per heavy atom. The van der Waals surface area contributed by atoms with Crippen molar-refractivity contribution in [3.8, 4) is 5.69 Å². The molecule has 0 saturated heterocycles. The number of hydrogen-bond donors (Lipinski definition) is 4. The van der Waals surface area contributed by atoms with Crippen molar-refractivity contribution in [3.05, 3.63) is 45.8 Å². The first-order valence-corrected chi connectivity index (χ1v) is 5.72. The number of hydrogen-bond acceptors (Lipinski definition) is 8. The number of amides is 2. The van der Waals surface area contributed by atoms with Crippen LogP contribution in [0.4, 0.5) is 5.69 Å². The van der Waals surface area contributed by atoms with E-state index in [0.717, 1.165) is 4.68 Å². The normalized spacial score (nSPS) is 10.1. The van der Waals surface area contributed by atoms with E-state index in [0.29, 0.717) is 0 Å². The Morgan fingerprint density at radius 3 is 2.23 bits per heavy atom. The van der Waals surface area contributed by atoms with Crippen molar-refractivity contribution in [2.24, 2.45) is 11.7 Å². The molecule has 1 aromatic heterocycles. The van der Waals surface area contributed by atoms with Gasteiger partial charge in [-0.1, -0.05) is 5.21 Å². The Hall–Kier alpha value is -3.38. The summed E-state index contributed by atoms with van der Waals surface area (Å²) in [6.45, 7) is 0. The van der Waals surface area contributed by atoms with E-state index >= 15 is 0 Å². The average molecular weight is 306 g/mol. The minimum Gasteiger partial charge on any atom is -0.289 e. The quantitative estimate of drug-likeness (QED) is 0.225. The second kappa shape index (κ2) is 5.94. The van der Waals surface area contributed by atoms with Crippen LogP contribution in [0.25, 0.3) is 5.69 Å². The van der Waals surface area contributed by atoms with Gasteiger partial charge >= 0.3 is 0 Å². The van der Waals surface area contributed by atoms with Crippen LogP contribution < -0.4 is 22.5 Å². The van der Waals surface area contributed by atoms with Gasteiger partial charge in [0.15, 0.2) is 11.4 Å². The number of benzene rings is 1. The monoisotopic (exact) mass is 306 g/mol. The summed E-state index contributed by atoms with van der Waals surface area (Å²) in [4.78, 5) is 33.4. The van der Waals surface area contributed by atoms with E-state index in [1.807, 2.05) is 10.9 Å². The zero-order valence-corrected chi connectivity index (χ0v) is 10.9. The van der Waals surface area contributed by atoms with Crippen LogP contribution >= 0.6 is 0 Å². The van der Waals surface area contributed by atoms with Crippen molar-refractivity contribution < 1.29 is 14.5 Å². The molecule has 6 N–H and O–H groups in total. The Labute approximate surface area is 122 Å². The summed E-state index contributed by atoms with van der Waals surface area (Å²) >= 11 is 0. The molecule has 2 rings (SSSR count). The maximum Gasteiger partial charge on any atom is 0.288 e. The first-order chi connectivity index (χ1) is 10.5. The number of rotatable bonds is 4. The molecule has 0 aliphatic carbocycles. The first kappa shape index (κ1) is 15.0. The third-order valence-electron chi connectivity index (χ3n) is 2.67. The van der Waals surface area contributed by atoms with Crippen LogP contribution in [0.5, 0.6) is 0 Å². The molecule has 0 saturated carbocycles. The molecule has 0 unspecified atom stereocenters. The van der Waals surface area contributed by atoms with E-state index in [1.165, 1.54) is 24.3 Å². The number of aromatic nitrogens is 3. The van der Waals surface area contributed by atoms with Crippen molar-refractivity contribution in [1.29, 1.82) is 0 Å². The molecule has 12 nitrogen and oxygen atoms in total. The zero-order chi connectivity index (χ0) is 16.3. The second-order valence-electron chi connectivity index (χ2n) is 3.92. The zero-order valence-electron chi connectivity index (χ0n) is 10.9. The van der Waals surface area contributed by atoms with Crippen molar-refractivity contribution in [3.63, 3.8) is 0 Å². The fourth-order valence-electron chi connectivity index (χ4n) is 1.67. The highest BCUT2D eigenvalue weighted by Crippen LogP contribution is 2.17. The molecular weight excluding hydrogens is 296 g/mol. The molecular formula is C10H10N8O4. The molecule has 0 bridgehead atoms. The van der Waals surface area contributed by atoms with Gasteiger partial charge in [0.05, 0.1) is 10.6 Å². The number of non-ortho nitro benzene ring substituents is 1. The van der Waals surface area contributed by atoms with Gasteiger partial charge in [0.25, 0.3) is 17.5 Å². The Morgan fingerprint density at radius 2 is 1.73 bits per heavy atom. The third-order valence-corrected chi connectivity index (χ3v) is 2.67. The molecule has 0 fully saturated rings. The highest BCUT2D eigenvalue weighted by molar-refractivity contribution is 6.04. The van der Waals surface area contributed by atoms with Crippen LogP contribution in [0.2, 0.25) is 0 Å². The summed E-state index contributed by atoms with van der Waals surface area (Å²) in [6.07, 6.45) is 0. The Balaban J connectivity index is 2.55. The Bertz CT molecular complexity index is 738. The SMILES string of the molecule is NNC(=O)c1nnn(-c2ccc([N+](=O)[O-])cc2)c1C(=O)NN. The first-order valence-electron chi connectivity index (χ1n) is 5.72. The lowest BCUT2D eigenvalue weighted by atomic mass is 10.2. The minimum atomic E-state index is -0.841. The lowest BCUT2D eigenvalue weighted by Crippen LogP contribution is -2.36. The van der Waals surface area contributed by atoms with Crippen LogP contribution in [-0.4, -0.2) is 31.7 Å². The molecule has 1 aromatic carbocycles. The van der Waals surface area contributed by atoms with Crippen molar-refractivity contribution in [2.75, 3.05) is 0 Å². The molecule has 2 amide bonds. The topological polar surface area (TPSA) is 184 Å². The minimum absolute atomic E-state index is 0.145. The van der Waals surface area contributed by atoms with Crippen LogP contribution in [-0.2, 0) is 0 Å². The van der Waals surface area contributed by atoms with Crippen LogP contribution in [0.3, 0.4) is 0 Å². The number of nitro groups is 1. The summed E-state index contributed by atoms with van der Waals surface area (Å²) < 4.78 is 1.01. The van der Waals surface area contributed by atoms with Crippen molar-refractivity contribution in [1.82, 2.24) is 25.8 Å². The molecule has 12 heteroatoms. The van der Waals surface area contributed by atoms with E-state index in [4.69, 9.17) is 11.7 Å². The summed E-state index contributed by atoms with van der Waals surface area (Å²) in [5, 5.41) is 17.8. The highest BCUT2D eigenvalue weighted by Gasteiger charge is 2.25. The summed E-state index contributed by atoms with van der Waals surface area (Å²) in [6, 6.07) is 5.10. The van der Waals surface area contributed by atoms with E-state index in [2.05, 4.69) is 10.3 Å². The number of nitrogens with one attached hydrogen (secondary N) is 2. The fourth-order valence-corrected chi connectivity index (χ4v) is 1.67. The largest absolute Gasteiger partial charge is 0.289 e. The molecule has 0 radical (unpaired) electrons. The van der Waals surface area contributed by atoms with Gasteiger partial charge < -0.3 is 0 Å². The molecule has 22 heavy (non-hydrogen) atoms. The number of nitrogen functional groups attached to an aromatic ring is 2. The molecule has 0 spiro atoms. The lowest BCUT2D eigenvalue weighted by Gasteiger charge is -2.06. The van der Waals surface area contributed by atoms with E-state index in [9.17, 15) is 19.7 Å². The number of carbonyl (C=O) groups is 2. The number of carbonyl (C=O) groups excluding carboxylic acids is 2. The van der Waals surface area contributed by atoms with Gasteiger partial charge in [-0.25, -0.2) is 16.4 Å². The molecule has 114 valence electrons. The van der Waals surface area contributed by atoms with Gasteiger partial charge in [-0.3, -0.25) is 30.6 Å². The average Bonchev–Trinajstić information content (AvgIpc) is 2.98. The van der Waals surface area contributed by atoms with Crippen LogP contribution in [0, 0.1) is 10.1 Å². The van der Waals surface area contributed by atoms with Crippen molar-refractivity contribution in [2.45, 2.75) is 0 Å². The molecule has 0 atom stereocenters. The van der Waals surface area contributed by atoms with Crippen LogP contribution in [0.15, 0.2) is 24.3 Å². The molecule has 2 aromatic rings. The summed E-state index contributed by atoms with van der Waals surface area (Å²) in [5.74, 6) is 8.39. The number of nitrogens with zero attached hydrogens (tertiary/aromatic N) is 4. The maximum absolute atomic E-state index is 11.8. The predicted molar refractivity (Wildman–Crippen MR) is 71.3 cm³/mol. The van der Waals surface area contributed by atoms with Crippen molar-refractivity contribution >= 4 is 17.5 Å². The molecule has 1 heterocycles. The molecule has 0 aliphatic rings. The second-order valence-corrected chi connectivity index (χ2v) is 3.92. The lowest BCUT2D eigenvalue weighted by molar-refractivity contribution is -0.384. The van der Waals surface area contributed by atoms with Gasteiger partial charge in [-0.15, -0.1) is 5.10 Å². The number of nitro benzene ring substituents is 1. The highest BCUT2D eigenvalue weighted by atomic mass is 16.6. The van der Waals surface area contributed by atoms with Gasteiger partial charge in [0.1, 0.15) is 0 Å². The van der Waals surface area contributed by atoms with Crippen LogP contribution in [0.1, 0.15) is 21.0 Å². The predicted octanol–water partition coefficient (Wildman–Crippen LogP) is -1.62. The smallest absolute Gasteiger partial charge is 0.288 e. The molecule has 0 aliphatic heterocycles. The number of nitrogens with two attached hydrogens (primary N) is 2. The standard InChI is InChI=1S/C10H10N8O4/c11-13-9(19)7-8(10(20)14-12)17(16-15-7)5-1-3-6(4-2-5)18(21)22/h1-4H,11-12H2,(H,13,19)(H,14,20). The van der Waals surface area contributed by atoms with E-state index in [1.54, 1.807) is 0 Å². The summed E-state index contributed by atoms with van der Waals surface area (Å²) in [5.41, 5.74) is 3.20. The van der Waals surface area contributed by atoms with E-state index in [-0.39, 0.29) is 22.8 Å². The number of hydrazine groups is 2. The maximum atomic E-state index is 11.8. The fraction of sp³-hybridized carbons (Fsp3) is 0.